The van der Waals surface area contributed by atoms with Crippen molar-refractivity contribution < 1.29 is 9.53 Å². The molecule has 1 fully saturated rings. The van der Waals surface area contributed by atoms with Crippen LogP contribution in [0, 0.1) is 0 Å². The third-order valence-electron chi connectivity index (χ3n) is 2.78. The van der Waals surface area contributed by atoms with E-state index in [2.05, 4.69) is 22.9 Å². The normalized spacial score (nSPS) is 25.0. The number of rotatable bonds is 2. The zero-order valence-corrected chi connectivity index (χ0v) is 8.69. The highest BCUT2D eigenvalue weighted by molar-refractivity contribution is 5.69. The Morgan fingerprint density at radius 1 is 1.64 bits per heavy atom. The Kier molecular flexibility index (Phi) is 2.35. The van der Waals surface area contributed by atoms with E-state index in [1.165, 1.54) is 5.70 Å². The van der Waals surface area contributed by atoms with Gasteiger partial charge < -0.3 is 14.5 Å². The van der Waals surface area contributed by atoms with E-state index in [4.69, 9.17) is 4.74 Å². The predicted octanol–water partition coefficient (Wildman–Crippen LogP) is 0.758. The number of nitrogens with zero attached hydrogens (tertiary/aromatic N) is 2. The van der Waals surface area contributed by atoms with Gasteiger partial charge in [0.1, 0.15) is 0 Å². The number of carbonyl (C=O) groups excluding carboxylic acids is 1. The fourth-order valence-corrected chi connectivity index (χ4v) is 1.89. The minimum absolute atomic E-state index is 0.0695. The van der Waals surface area contributed by atoms with Gasteiger partial charge in [0, 0.05) is 31.4 Å². The minimum Gasteiger partial charge on any atom is -0.440 e. The zero-order valence-electron chi connectivity index (χ0n) is 8.69. The second-order valence-corrected chi connectivity index (χ2v) is 3.75. The first-order chi connectivity index (χ1) is 6.70. The number of esters is 1. The van der Waals surface area contributed by atoms with E-state index < -0.39 is 0 Å². The van der Waals surface area contributed by atoms with Gasteiger partial charge in [-0.15, -0.1) is 0 Å². The fraction of sp³-hybridized carbons (Fsp3) is 0.700. The van der Waals surface area contributed by atoms with Crippen molar-refractivity contribution in [3.05, 3.63) is 11.9 Å². The topological polar surface area (TPSA) is 32.8 Å². The molecule has 0 radical (unpaired) electrons. The number of ether oxygens (including phenoxy) is 1. The summed E-state index contributed by atoms with van der Waals surface area (Å²) >= 11 is 0. The molecule has 0 aromatic rings. The molecule has 0 spiro atoms. The standard InChI is InChI=1S/C10H16N2O2/c1-3-10(13)14-9-7-11-4-5-12(9)6-8(11)2/h6,9H,3-5,7H2,1-2H3. The molecule has 3 heterocycles. The molecule has 1 unspecified atom stereocenters. The van der Waals surface area contributed by atoms with E-state index in [1.807, 2.05) is 6.92 Å². The predicted molar refractivity (Wildman–Crippen MR) is 52.2 cm³/mol. The van der Waals surface area contributed by atoms with Gasteiger partial charge in [-0.1, -0.05) is 6.92 Å². The van der Waals surface area contributed by atoms with Crippen molar-refractivity contribution in [3.8, 4) is 0 Å². The molecule has 0 amide bonds. The van der Waals surface area contributed by atoms with Gasteiger partial charge in [-0.3, -0.25) is 4.79 Å². The number of hydrogen-bond acceptors (Lipinski definition) is 4. The second-order valence-electron chi connectivity index (χ2n) is 3.75. The Bertz CT molecular complexity index is 275. The monoisotopic (exact) mass is 196 g/mol. The largest absolute Gasteiger partial charge is 0.440 e. The molecule has 1 atom stereocenters. The maximum atomic E-state index is 11.1. The highest BCUT2D eigenvalue weighted by atomic mass is 16.6. The van der Waals surface area contributed by atoms with Crippen LogP contribution in [-0.2, 0) is 9.53 Å². The van der Waals surface area contributed by atoms with Crippen LogP contribution in [0.1, 0.15) is 20.3 Å². The maximum absolute atomic E-state index is 11.1. The third-order valence-corrected chi connectivity index (χ3v) is 2.78. The Hall–Kier alpha value is -1.19. The summed E-state index contributed by atoms with van der Waals surface area (Å²) in [5.41, 5.74) is 1.26. The van der Waals surface area contributed by atoms with Gasteiger partial charge in [0.15, 0.2) is 6.23 Å². The molecule has 0 aromatic carbocycles. The van der Waals surface area contributed by atoms with Crippen LogP contribution in [0.3, 0.4) is 0 Å². The molecule has 3 rings (SSSR count). The second kappa shape index (κ2) is 3.52. The molecular weight excluding hydrogens is 180 g/mol. The number of hydrogen-bond donors (Lipinski definition) is 0. The number of allylic oxidation sites excluding steroid dienone is 1. The Balaban J connectivity index is 2.01. The lowest BCUT2D eigenvalue weighted by molar-refractivity contribution is -0.162. The van der Waals surface area contributed by atoms with Crippen LogP contribution in [0.2, 0.25) is 0 Å². The summed E-state index contributed by atoms with van der Waals surface area (Å²) < 4.78 is 5.32. The van der Waals surface area contributed by atoms with E-state index in [9.17, 15) is 4.79 Å². The summed E-state index contributed by atoms with van der Waals surface area (Å²) in [4.78, 5) is 15.5. The van der Waals surface area contributed by atoms with Crippen molar-refractivity contribution in [2.24, 2.45) is 0 Å². The first-order valence-electron chi connectivity index (χ1n) is 5.09. The van der Waals surface area contributed by atoms with E-state index in [0.717, 1.165) is 19.6 Å². The average molecular weight is 196 g/mol. The maximum Gasteiger partial charge on any atom is 0.307 e. The molecule has 2 bridgehead atoms. The van der Waals surface area contributed by atoms with E-state index in [0.29, 0.717) is 6.42 Å². The van der Waals surface area contributed by atoms with Gasteiger partial charge in [0.25, 0.3) is 0 Å². The number of carbonyl (C=O) groups is 1. The third kappa shape index (κ3) is 1.56. The number of fused-ring (bicyclic) bond motifs is 2. The van der Waals surface area contributed by atoms with Crippen LogP contribution in [0.4, 0.5) is 0 Å². The highest BCUT2D eigenvalue weighted by Gasteiger charge is 2.32. The van der Waals surface area contributed by atoms with Crippen LogP contribution >= 0.6 is 0 Å². The molecule has 78 valence electrons. The molecule has 3 aliphatic heterocycles. The van der Waals surface area contributed by atoms with E-state index in [-0.39, 0.29) is 12.2 Å². The molecule has 14 heavy (non-hydrogen) atoms. The van der Waals surface area contributed by atoms with Crippen LogP contribution < -0.4 is 0 Å². The summed E-state index contributed by atoms with van der Waals surface area (Å²) in [5.74, 6) is -0.116. The minimum atomic E-state index is -0.116. The Morgan fingerprint density at radius 2 is 2.43 bits per heavy atom. The van der Waals surface area contributed by atoms with Gasteiger partial charge in [0.05, 0.1) is 6.54 Å². The Morgan fingerprint density at radius 3 is 2.93 bits per heavy atom. The van der Waals surface area contributed by atoms with Crippen molar-refractivity contribution in [3.63, 3.8) is 0 Å². The lowest BCUT2D eigenvalue weighted by atomic mass is 10.2. The molecule has 3 aliphatic rings. The van der Waals surface area contributed by atoms with E-state index in [1.54, 1.807) is 0 Å². The molecule has 0 N–H and O–H groups in total. The van der Waals surface area contributed by atoms with Gasteiger partial charge >= 0.3 is 5.97 Å². The van der Waals surface area contributed by atoms with Gasteiger partial charge in [0.2, 0.25) is 0 Å². The van der Waals surface area contributed by atoms with E-state index >= 15 is 0 Å². The lowest BCUT2D eigenvalue weighted by Crippen LogP contribution is -2.55. The quantitative estimate of drug-likeness (QED) is 0.610. The van der Waals surface area contributed by atoms with Crippen molar-refractivity contribution in [1.29, 1.82) is 0 Å². The molecular formula is C10H16N2O2. The van der Waals surface area contributed by atoms with Crippen LogP contribution in [0.15, 0.2) is 11.9 Å². The lowest BCUT2D eigenvalue weighted by Gasteiger charge is -2.46. The SMILES string of the molecule is CCC(=O)OC1CN2CCN1C=C2C. The molecule has 0 saturated carbocycles. The number of piperazine rings is 1. The summed E-state index contributed by atoms with van der Waals surface area (Å²) in [6, 6.07) is 0. The zero-order chi connectivity index (χ0) is 10.1. The van der Waals surface area contributed by atoms with Crippen LogP contribution in [0.5, 0.6) is 0 Å². The smallest absolute Gasteiger partial charge is 0.307 e. The summed E-state index contributed by atoms with van der Waals surface area (Å²) in [6.07, 6.45) is 2.45. The molecule has 1 saturated heterocycles. The van der Waals surface area contributed by atoms with Crippen molar-refractivity contribution >= 4 is 5.97 Å². The van der Waals surface area contributed by atoms with Crippen molar-refractivity contribution in [2.45, 2.75) is 26.5 Å². The summed E-state index contributed by atoms with van der Waals surface area (Å²) in [6.45, 7) is 6.72. The first-order valence-corrected chi connectivity index (χ1v) is 5.09. The molecule has 0 aliphatic carbocycles. The van der Waals surface area contributed by atoms with Gasteiger partial charge in [-0.05, 0) is 6.92 Å². The van der Waals surface area contributed by atoms with Crippen LogP contribution in [-0.4, -0.2) is 41.6 Å². The summed E-state index contributed by atoms with van der Waals surface area (Å²) in [5, 5.41) is 0. The van der Waals surface area contributed by atoms with Crippen molar-refractivity contribution in [2.75, 3.05) is 19.6 Å². The fourth-order valence-electron chi connectivity index (χ4n) is 1.89. The van der Waals surface area contributed by atoms with Gasteiger partial charge in [-0.25, -0.2) is 0 Å². The van der Waals surface area contributed by atoms with Crippen molar-refractivity contribution in [1.82, 2.24) is 9.80 Å². The highest BCUT2D eigenvalue weighted by Crippen LogP contribution is 2.22. The molecule has 0 aromatic heterocycles. The molecule has 4 heteroatoms. The van der Waals surface area contributed by atoms with Crippen LogP contribution in [0.25, 0.3) is 0 Å². The van der Waals surface area contributed by atoms with Gasteiger partial charge in [-0.2, -0.15) is 0 Å². The summed E-state index contributed by atoms with van der Waals surface area (Å²) in [7, 11) is 0. The average Bonchev–Trinajstić information content (AvgIpc) is 2.19. The molecule has 4 nitrogen and oxygen atoms in total. The first kappa shape index (κ1) is 9.37. The Labute approximate surface area is 84.1 Å².